The second kappa shape index (κ2) is 20.0. The van der Waals surface area contributed by atoms with Crippen LogP contribution in [-0.2, 0) is 60.6 Å². The van der Waals surface area contributed by atoms with Crippen LogP contribution in [0.3, 0.4) is 0 Å². The predicted octanol–water partition coefficient (Wildman–Crippen LogP) is -0.388. The molecule has 4 heavy (non-hydrogen) atoms. The van der Waals surface area contributed by atoms with Gasteiger partial charge in [-0.05, 0) is 0 Å². The fourth-order valence-electron chi connectivity index (χ4n) is 0. The zero-order valence-corrected chi connectivity index (χ0v) is 6.46. The molecule has 0 saturated carbocycles. The van der Waals surface area contributed by atoms with Crippen LogP contribution in [-0.4, -0.2) is 8.41 Å². The van der Waals surface area contributed by atoms with E-state index in [0.29, 0.717) is 0 Å². The van der Waals surface area contributed by atoms with Crippen molar-refractivity contribution in [3.63, 3.8) is 0 Å². The van der Waals surface area contributed by atoms with Crippen LogP contribution >= 0.6 is 0 Å². The molecule has 0 aliphatic rings. The third kappa shape index (κ3) is 9.00. The minimum absolute atomic E-state index is 0. The van der Waals surface area contributed by atoms with Crippen LogP contribution < -0.4 is 0 Å². The Morgan fingerprint density at radius 3 is 1.00 bits per heavy atom. The van der Waals surface area contributed by atoms with Gasteiger partial charge in [-0.3, -0.25) is 0 Å². The van der Waals surface area contributed by atoms with E-state index in [-0.39, 0.29) is 69.0 Å². The van der Waals surface area contributed by atoms with Crippen molar-refractivity contribution < 1.29 is 60.6 Å². The van der Waals surface area contributed by atoms with Gasteiger partial charge < -0.3 is 0 Å². The first-order chi connectivity index (χ1) is 0. The van der Waals surface area contributed by atoms with Crippen LogP contribution in [0.5, 0.6) is 0 Å². The van der Waals surface area contributed by atoms with Gasteiger partial charge in [0.2, 0.25) is 0 Å². The van der Waals surface area contributed by atoms with Gasteiger partial charge in [0.05, 0.1) is 0 Å². The van der Waals surface area contributed by atoms with Crippen molar-refractivity contribution in [3.8, 4) is 0 Å². The summed E-state index contributed by atoms with van der Waals surface area (Å²) in [6.07, 6.45) is 0. The smallest absolute Gasteiger partial charge is 0 e. The van der Waals surface area contributed by atoms with E-state index < -0.39 is 0 Å². The maximum atomic E-state index is 0. The maximum Gasteiger partial charge on any atom is 0 e. The Kier molecular flexibility index (Phi) is 188. The maximum absolute atomic E-state index is 0. The molecule has 0 nitrogen and oxygen atoms in total. The number of rotatable bonds is 0. The summed E-state index contributed by atoms with van der Waals surface area (Å²) in [7, 11) is 0. The average Bonchev–Trinajstić information content (AvgIpc) is 0. The van der Waals surface area contributed by atoms with Gasteiger partial charge in [0.1, 0.15) is 0 Å². The van der Waals surface area contributed by atoms with E-state index in [1.165, 1.54) is 0 Å². The molecule has 0 bridgehead atoms. The summed E-state index contributed by atoms with van der Waals surface area (Å²) in [5.41, 5.74) is 0. The minimum Gasteiger partial charge on any atom is 0 e. The molecule has 0 spiro atoms. The van der Waals surface area contributed by atoms with Crippen LogP contribution in [0.25, 0.3) is 0 Å². The van der Waals surface area contributed by atoms with E-state index in [1.54, 1.807) is 0 Å². The molecule has 0 rings (SSSR count). The molecule has 0 aromatic rings. The van der Waals surface area contributed by atoms with Gasteiger partial charge >= 0.3 is 0 Å². The molecule has 0 fully saturated rings. The molecule has 0 saturated heterocycles. The number of hydrogen-bond acceptors (Lipinski definition) is 0. The summed E-state index contributed by atoms with van der Waals surface area (Å²) in [6.45, 7) is 0. The summed E-state index contributed by atoms with van der Waals surface area (Å²) in [5.74, 6) is 0. The van der Waals surface area contributed by atoms with Crippen LogP contribution in [0.4, 0.5) is 0 Å². The SMILES string of the molecule is [B].[Cr].[Cu].[Zr]. The van der Waals surface area contributed by atoms with Crippen LogP contribution in [0, 0.1) is 0 Å². The molecule has 24 valence electrons. The van der Waals surface area contributed by atoms with Gasteiger partial charge in [-0.1, -0.05) is 0 Å². The Hall–Kier alpha value is 2.00. The summed E-state index contributed by atoms with van der Waals surface area (Å²) >= 11 is 0. The first-order valence-corrected chi connectivity index (χ1v) is 0. The summed E-state index contributed by atoms with van der Waals surface area (Å²) in [6, 6.07) is 0. The van der Waals surface area contributed by atoms with Crippen molar-refractivity contribution in [1.82, 2.24) is 0 Å². The molecule has 0 amide bonds. The van der Waals surface area contributed by atoms with E-state index in [1.807, 2.05) is 0 Å². The summed E-state index contributed by atoms with van der Waals surface area (Å²) < 4.78 is 0. The molecular formula is BCrCuZr. The zero-order valence-electron chi connectivity index (χ0n) is 1.79. The second-order valence-corrected chi connectivity index (χ2v) is 0. The fraction of sp³-hybridized carbons (Fsp3) is 0. The Balaban J connectivity index is 0. The molecule has 0 atom stereocenters. The summed E-state index contributed by atoms with van der Waals surface area (Å²) in [5, 5.41) is 0. The Bertz CT molecular complexity index is 8.00. The topological polar surface area (TPSA) is 0 Å². The van der Waals surface area contributed by atoms with E-state index in [0.717, 1.165) is 0 Å². The van der Waals surface area contributed by atoms with E-state index in [2.05, 4.69) is 0 Å². The van der Waals surface area contributed by atoms with Crippen molar-refractivity contribution in [2.24, 2.45) is 0 Å². The zero-order chi connectivity index (χ0) is 0. The minimum atomic E-state index is 0. The molecule has 0 aromatic carbocycles. The predicted molar refractivity (Wildman–Crippen MR) is 5.75 cm³/mol. The molecule has 4 radical (unpaired) electrons. The van der Waals surface area contributed by atoms with Crippen molar-refractivity contribution in [3.05, 3.63) is 0 Å². The van der Waals surface area contributed by atoms with Crippen LogP contribution in [0.1, 0.15) is 0 Å². The second-order valence-electron chi connectivity index (χ2n) is 0. The first-order valence-electron chi connectivity index (χ1n) is 0. The molecule has 0 aromatic heterocycles. The Morgan fingerprint density at radius 2 is 1.00 bits per heavy atom. The standard InChI is InChI=1S/B.Cr.Cu.Zr. The molecule has 0 N–H and O–H groups in total. The third-order valence-electron chi connectivity index (χ3n) is 0. The van der Waals surface area contributed by atoms with Gasteiger partial charge in [-0.2, -0.15) is 0 Å². The van der Waals surface area contributed by atoms with Crippen LogP contribution in [0.2, 0.25) is 0 Å². The molecule has 0 aliphatic carbocycles. The van der Waals surface area contributed by atoms with Crippen LogP contribution in [0.15, 0.2) is 0 Å². The van der Waals surface area contributed by atoms with Gasteiger partial charge in [-0.25, -0.2) is 0 Å². The Labute approximate surface area is 68.4 Å². The van der Waals surface area contributed by atoms with Gasteiger partial charge in [0, 0.05) is 69.0 Å². The monoisotopic (exact) mass is 216 g/mol. The molecule has 0 aliphatic heterocycles. The Morgan fingerprint density at radius 1 is 1.00 bits per heavy atom. The molecule has 0 heterocycles. The molecular weight excluding hydrogens is 218 g/mol. The number of hydrogen-bond donors (Lipinski definition) is 0. The van der Waals surface area contributed by atoms with Crippen molar-refractivity contribution in [2.75, 3.05) is 0 Å². The first kappa shape index (κ1) is 37.5. The van der Waals surface area contributed by atoms with Crippen molar-refractivity contribution in [2.45, 2.75) is 0 Å². The largest absolute Gasteiger partial charge is 0 e. The quantitative estimate of drug-likeness (QED) is 0.485. The van der Waals surface area contributed by atoms with E-state index in [9.17, 15) is 0 Å². The fourth-order valence-corrected chi connectivity index (χ4v) is 0. The summed E-state index contributed by atoms with van der Waals surface area (Å²) in [4.78, 5) is 0. The molecule has 0 unspecified atom stereocenters. The van der Waals surface area contributed by atoms with E-state index >= 15 is 0 Å². The third-order valence-corrected chi connectivity index (χ3v) is 0. The molecule has 4 heteroatoms. The van der Waals surface area contributed by atoms with E-state index in [4.69, 9.17) is 0 Å². The van der Waals surface area contributed by atoms with Gasteiger partial charge in [-0.15, -0.1) is 0 Å². The van der Waals surface area contributed by atoms with Crippen molar-refractivity contribution >= 4 is 8.41 Å². The van der Waals surface area contributed by atoms with Gasteiger partial charge in [0.15, 0.2) is 0 Å². The normalized spacial score (nSPS) is 0. The van der Waals surface area contributed by atoms with Crippen molar-refractivity contribution in [1.29, 1.82) is 0 Å². The average molecular weight is 218 g/mol. The van der Waals surface area contributed by atoms with Gasteiger partial charge in [0.25, 0.3) is 0 Å².